The summed E-state index contributed by atoms with van der Waals surface area (Å²) in [7, 11) is -3.82. The van der Waals surface area contributed by atoms with Crippen molar-refractivity contribution in [1.82, 2.24) is 5.48 Å². The third-order valence-corrected chi connectivity index (χ3v) is 6.00. The second kappa shape index (κ2) is 8.94. The fraction of sp³-hybridized carbons (Fsp3) is 0.0870. The van der Waals surface area contributed by atoms with Crippen molar-refractivity contribution in [3.8, 4) is 11.1 Å². The maximum absolute atomic E-state index is 12.8. The maximum Gasteiger partial charge on any atom is 0.267 e. The molecule has 0 spiro atoms. The maximum atomic E-state index is 12.8. The third-order valence-electron chi connectivity index (χ3n) is 4.62. The molecule has 6 nitrogen and oxygen atoms in total. The molecule has 7 heteroatoms. The smallest absolute Gasteiger partial charge is 0.267 e. The summed E-state index contributed by atoms with van der Waals surface area (Å²) in [5.41, 5.74) is 6.71. The van der Waals surface area contributed by atoms with Crippen LogP contribution in [-0.2, 0) is 14.8 Å². The summed E-state index contributed by atoms with van der Waals surface area (Å²) < 4.78 is 28.2. The van der Waals surface area contributed by atoms with Crippen molar-refractivity contribution in [3.63, 3.8) is 0 Å². The third kappa shape index (κ3) is 4.94. The highest BCUT2D eigenvalue weighted by Crippen LogP contribution is 2.29. The van der Waals surface area contributed by atoms with Gasteiger partial charge >= 0.3 is 0 Å². The van der Waals surface area contributed by atoms with Crippen molar-refractivity contribution in [2.45, 2.75) is 18.7 Å². The summed E-state index contributed by atoms with van der Waals surface area (Å²) in [6.07, 6.45) is 2.51. The van der Waals surface area contributed by atoms with Crippen LogP contribution in [0.4, 0.5) is 5.69 Å². The van der Waals surface area contributed by atoms with Gasteiger partial charge in [0.05, 0.1) is 4.90 Å². The van der Waals surface area contributed by atoms with E-state index in [-0.39, 0.29) is 4.90 Å². The van der Waals surface area contributed by atoms with Crippen LogP contribution >= 0.6 is 0 Å². The highest BCUT2D eigenvalue weighted by Gasteiger charge is 2.15. The molecule has 0 saturated heterocycles. The quantitative estimate of drug-likeness (QED) is 0.314. The van der Waals surface area contributed by atoms with Crippen LogP contribution in [0, 0.1) is 13.8 Å². The number of hydrogen-bond acceptors (Lipinski definition) is 4. The van der Waals surface area contributed by atoms with Gasteiger partial charge in [0.15, 0.2) is 0 Å². The number of hydrogen-bond donors (Lipinski definition) is 3. The molecule has 154 valence electrons. The van der Waals surface area contributed by atoms with E-state index in [1.54, 1.807) is 24.3 Å². The minimum Gasteiger partial charge on any atom is -0.288 e. The van der Waals surface area contributed by atoms with Gasteiger partial charge in [0.25, 0.3) is 15.9 Å². The van der Waals surface area contributed by atoms with E-state index in [2.05, 4.69) is 4.72 Å². The lowest BCUT2D eigenvalue weighted by molar-refractivity contribution is -0.124. The topological polar surface area (TPSA) is 95.5 Å². The van der Waals surface area contributed by atoms with Crippen LogP contribution in [0.15, 0.2) is 77.7 Å². The molecule has 3 N–H and O–H groups in total. The molecule has 0 fully saturated rings. The largest absolute Gasteiger partial charge is 0.288 e. The predicted octanol–water partition coefficient (Wildman–Crippen LogP) is 4.29. The van der Waals surface area contributed by atoms with Crippen LogP contribution in [0.2, 0.25) is 0 Å². The number of aryl methyl sites for hydroxylation is 2. The van der Waals surface area contributed by atoms with E-state index < -0.39 is 15.9 Å². The van der Waals surface area contributed by atoms with Crippen molar-refractivity contribution >= 4 is 27.7 Å². The number of amides is 1. The van der Waals surface area contributed by atoms with Gasteiger partial charge in [-0.05, 0) is 72.0 Å². The molecule has 0 saturated carbocycles. The van der Waals surface area contributed by atoms with Crippen molar-refractivity contribution in [2.24, 2.45) is 0 Å². The molecule has 0 atom stereocenters. The summed E-state index contributed by atoms with van der Waals surface area (Å²) in [5, 5.41) is 8.53. The normalized spacial score (nSPS) is 11.4. The van der Waals surface area contributed by atoms with E-state index in [1.165, 1.54) is 23.7 Å². The molecule has 0 radical (unpaired) electrons. The minimum atomic E-state index is -3.82. The number of nitrogens with one attached hydrogen (secondary N) is 2. The standard InChI is InChI=1S/C23H22N2O4S/c1-16-6-3-4-9-21(16)22-12-11-19(14-17(22)2)25-30(28,29)20-8-5-7-18(15-20)10-13-23(26)24-27/h3-15,25,27H,1-2H3,(H,24,26)/b13-10+. The number of anilines is 1. The van der Waals surface area contributed by atoms with Gasteiger partial charge in [-0.1, -0.05) is 42.5 Å². The molecular weight excluding hydrogens is 400 g/mol. The zero-order chi connectivity index (χ0) is 21.7. The second-order valence-corrected chi connectivity index (χ2v) is 8.51. The van der Waals surface area contributed by atoms with Crippen molar-refractivity contribution in [3.05, 3.63) is 89.5 Å². The Balaban J connectivity index is 1.86. The molecule has 0 heterocycles. The lowest BCUT2D eigenvalue weighted by Gasteiger charge is -2.13. The summed E-state index contributed by atoms with van der Waals surface area (Å²) in [6.45, 7) is 3.98. The zero-order valence-corrected chi connectivity index (χ0v) is 17.4. The first kappa shape index (κ1) is 21.3. The van der Waals surface area contributed by atoms with Crippen molar-refractivity contribution in [2.75, 3.05) is 4.72 Å². The molecule has 3 aromatic rings. The first-order valence-corrected chi connectivity index (χ1v) is 10.7. The van der Waals surface area contributed by atoms with Gasteiger partial charge in [-0.25, -0.2) is 13.9 Å². The number of benzene rings is 3. The monoisotopic (exact) mass is 422 g/mol. The fourth-order valence-electron chi connectivity index (χ4n) is 3.11. The second-order valence-electron chi connectivity index (χ2n) is 6.83. The highest BCUT2D eigenvalue weighted by molar-refractivity contribution is 7.92. The minimum absolute atomic E-state index is 0.0645. The molecule has 30 heavy (non-hydrogen) atoms. The lowest BCUT2D eigenvalue weighted by Crippen LogP contribution is -2.15. The van der Waals surface area contributed by atoms with E-state index in [4.69, 9.17) is 5.21 Å². The highest BCUT2D eigenvalue weighted by atomic mass is 32.2. The molecule has 3 rings (SSSR count). The summed E-state index contributed by atoms with van der Waals surface area (Å²) >= 11 is 0. The predicted molar refractivity (Wildman–Crippen MR) is 118 cm³/mol. The average molecular weight is 423 g/mol. The van der Waals surface area contributed by atoms with E-state index in [1.807, 2.05) is 44.2 Å². The Morgan fingerprint density at radius 1 is 0.900 bits per heavy atom. The Morgan fingerprint density at radius 2 is 1.63 bits per heavy atom. The van der Waals surface area contributed by atoms with Gasteiger partial charge in [-0.3, -0.25) is 14.7 Å². The Labute approximate surface area is 175 Å². The average Bonchev–Trinajstić information content (AvgIpc) is 2.73. The number of rotatable bonds is 6. The van der Waals surface area contributed by atoms with Crippen LogP contribution in [0.1, 0.15) is 16.7 Å². The van der Waals surface area contributed by atoms with Gasteiger partial charge in [0.2, 0.25) is 0 Å². The summed E-state index contributed by atoms with van der Waals surface area (Å²) in [6, 6.07) is 19.6. The Kier molecular flexibility index (Phi) is 6.34. The van der Waals surface area contributed by atoms with E-state index in [9.17, 15) is 13.2 Å². The molecule has 0 aliphatic rings. The SMILES string of the molecule is Cc1ccccc1-c1ccc(NS(=O)(=O)c2cccc(/C=C/C(=O)NO)c2)cc1C. The van der Waals surface area contributed by atoms with Crippen LogP contribution in [-0.4, -0.2) is 19.5 Å². The fourth-order valence-corrected chi connectivity index (χ4v) is 4.22. The molecule has 0 aliphatic carbocycles. The zero-order valence-electron chi connectivity index (χ0n) is 16.6. The van der Waals surface area contributed by atoms with Crippen LogP contribution in [0.5, 0.6) is 0 Å². The first-order valence-electron chi connectivity index (χ1n) is 9.22. The van der Waals surface area contributed by atoms with Gasteiger partial charge < -0.3 is 0 Å². The number of sulfonamides is 1. The Morgan fingerprint density at radius 3 is 2.33 bits per heavy atom. The summed E-state index contributed by atoms with van der Waals surface area (Å²) in [5.74, 6) is -0.703. The van der Waals surface area contributed by atoms with Gasteiger partial charge in [-0.15, -0.1) is 0 Å². The lowest BCUT2D eigenvalue weighted by atomic mass is 9.96. The molecule has 0 unspecified atom stereocenters. The molecule has 0 bridgehead atoms. The number of carbonyl (C=O) groups excluding carboxylic acids is 1. The van der Waals surface area contributed by atoms with E-state index in [0.29, 0.717) is 11.3 Å². The van der Waals surface area contributed by atoms with Crippen molar-refractivity contribution < 1.29 is 18.4 Å². The van der Waals surface area contributed by atoms with Crippen LogP contribution in [0.25, 0.3) is 17.2 Å². The van der Waals surface area contributed by atoms with E-state index in [0.717, 1.165) is 28.3 Å². The van der Waals surface area contributed by atoms with Crippen LogP contribution < -0.4 is 10.2 Å². The van der Waals surface area contributed by atoms with Crippen LogP contribution in [0.3, 0.4) is 0 Å². The molecule has 1 amide bonds. The van der Waals surface area contributed by atoms with Crippen molar-refractivity contribution in [1.29, 1.82) is 0 Å². The molecule has 3 aromatic carbocycles. The Hall–Kier alpha value is -3.42. The number of carbonyl (C=O) groups is 1. The van der Waals surface area contributed by atoms with E-state index >= 15 is 0 Å². The Bertz CT molecular complexity index is 1220. The van der Waals surface area contributed by atoms with Gasteiger partial charge in [0, 0.05) is 11.8 Å². The molecule has 0 aromatic heterocycles. The first-order chi connectivity index (χ1) is 14.3. The molecular formula is C23H22N2O4S. The van der Waals surface area contributed by atoms with Gasteiger partial charge in [0.1, 0.15) is 0 Å². The molecule has 0 aliphatic heterocycles. The summed E-state index contributed by atoms with van der Waals surface area (Å²) in [4.78, 5) is 11.2. The number of hydroxylamine groups is 1. The van der Waals surface area contributed by atoms with Gasteiger partial charge in [-0.2, -0.15) is 0 Å².